The molecule has 1 aliphatic carbocycles. The second-order valence-corrected chi connectivity index (χ2v) is 11.2. The standard InChI is InChI=1S/C26H27BF3N3O6S/c28-26(29,30)19-11-12-24(31-16-19)39-20-7-4-8-21(15-20)40(37,38)33-22(13-17-5-2-1-3-6-17)25(34)32-23(27(35)36)14-18-9-10-18/h1-8,11-12,15-16,18,22-23,33,35-36H,9-10,13-14H2,(H,32,34). The molecule has 0 aliphatic heterocycles. The predicted octanol–water partition coefficient (Wildman–Crippen LogP) is 3.08. The number of hydrogen-bond acceptors (Lipinski definition) is 7. The maximum Gasteiger partial charge on any atom is 0.475 e. The normalized spacial score (nSPS) is 15.2. The minimum absolute atomic E-state index is 0.00732. The van der Waals surface area contributed by atoms with Crippen LogP contribution in [-0.4, -0.2) is 48.5 Å². The van der Waals surface area contributed by atoms with Crippen LogP contribution in [0.2, 0.25) is 0 Å². The van der Waals surface area contributed by atoms with Gasteiger partial charge in [-0.05, 0) is 42.5 Å². The third kappa shape index (κ3) is 8.27. The van der Waals surface area contributed by atoms with Gasteiger partial charge in [0.1, 0.15) is 11.8 Å². The Kier molecular flexibility index (Phi) is 9.14. The van der Waals surface area contributed by atoms with Crippen LogP contribution in [-0.2, 0) is 27.4 Å². The lowest BCUT2D eigenvalue weighted by atomic mass is 9.76. The van der Waals surface area contributed by atoms with E-state index in [-0.39, 0.29) is 28.9 Å². The van der Waals surface area contributed by atoms with E-state index >= 15 is 0 Å². The Labute approximate surface area is 229 Å². The third-order valence-electron chi connectivity index (χ3n) is 6.27. The third-order valence-corrected chi connectivity index (χ3v) is 7.74. The van der Waals surface area contributed by atoms with Crippen LogP contribution >= 0.6 is 0 Å². The van der Waals surface area contributed by atoms with Crippen molar-refractivity contribution >= 4 is 23.0 Å². The summed E-state index contributed by atoms with van der Waals surface area (Å²) < 4.78 is 72.8. The van der Waals surface area contributed by atoms with E-state index in [1.165, 1.54) is 18.2 Å². The van der Waals surface area contributed by atoms with Gasteiger partial charge in [0.2, 0.25) is 21.8 Å². The van der Waals surface area contributed by atoms with E-state index in [1.54, 1.807) is 30.3 Å². The lowest BCUT2D eigenvalue weighted by Gasteiger charge is -2.23. The summed E-state index contributed by atoms with van der Waals surface area (Å²) in [6, 6.07) is 14.4. The van der Waals surface area contributed by atoms with Crippen LogP contribution in [0.15, 0.2) is 77.8 Å². The minimum Gasteiger partial charge on any atom is -0.439 e. The second-order valence-electron chi connectivity index (χ2n) is 9.53. The van der Waals surface area contributed by atoms with Crippen molar-refractivity contribution < 1.29 is 41.2 Å². The van der Waals surface area contributed by atoms with Crippen LogP contribution in [0.5, 0.6) is 11.6 Å². The van der Waals surface area contributed by atoms with Gasteiger partial charge < -0.3 is 20.1 Å². The molecule has 1 aliphatic rings. The predicted molar refractivity (Wildman–Crippen MR) is 139 cm³/mol. The number of hydrogen-bond donors (Lipinski definition) is 4. The van der Waals surface area contributed by atoms with Crippen molar-refractivity contribution in [2.24, 2.45) is 5.92 Å². The number of pyridine rings is 1. The van der Waals surface area contributed by atoms with Gasteiger partial charge in [-0.2, -0.15) is 17.9 Å². The molecule has 0 spiro atoms. The van der Waals surface area contributed by atoms with Crippen molar-refractivity contribution in [3.05, 3.63) is 84.1 Å². The maximum atomic E-state index is 13.3. The lowest BCUT2D eigenvalue weighted by Crippen LogP contribution is -2.54. The number of halogens is 3. The lowest BCUT2D eigenvalue weighted by molar-refractivity contribution is -0.137. The highest BCUT2D eigenvalue weighted by molar-refractivity contribution is 7.89. The molecule has 2 aromatic carbocycles. The highest BCUT2D eigenvalue weighted by Gasteiger charge is 2.35. The number of carbonyl (C=O) groups is 1. The fraction of sp³-hybridized carbons (Fsp3) is 0.308. The van der Waals surface area contributed by atoms with Crippen LogP contribution in [0, 0.1) is 5.92 Å². The molecule has 0 radical (unpaired) electrons. The average molecular weight is 577 g/mol. The number of nitrogens with zero attached hydrogens (tertiary/aromatic N) is 1. The molecule has 4 rings (SSSR count). The highest BCUT2D eigenvalue weighted by Crippen LogP contribution is 2.34. The van der Waals surface area contributed by atoms with Crippen molar-refractivity contribution in [3.8, 4) is 11.6 Å². The summed E-state index contributed by atoms with van der Waals surface area (Å²) in [7, 11) is -6.13. The number of sulfonamides is 1. The summed E-state index contributed by atoms with van der Waals surface area (Å²) in [5.74, 6) is -1.62. The van der Waals surface area contributed by atoms with Crippen LogP contribution < -0.4 is 14.8 Å². The van der Waals surface area contributed by atoms with Gasteiger partial charge >= 0.3 is 13.3 Å². The van der Waals surface area contributed by atoms with E-state index < -0.39 is 46.8 Å². The molecule has 1 heterocycles. The van der Waals surface area contributed by atoms with Crippen molar-refractivity contribution in [1.29, 1.82) is 0 Å². The Balaban J connectivity index is 1.52. The molecule has 0 bridgehead atoms. The number of nitrogens with one attached hydrogen (secondary N) is 2. The number of rotatable bonds is 12. The van der Waals surface area contributed by atoms with E-state index in [0.29, 0.717) is 18.2 Å². The van der Waals surface area contributed by atoms with Crippen molar-refractivity contribution in [2.75, 3.05) is 0 Å². The molecule has 3 aromatic rings. The highest BCUT2D eigenvalue weighted by atomic mass is 32.2. The molecule has 2 unspecified atom stereocenters. The first-order valence-corrected chi connectivity index (χ1v) is 13.9. The number of alkyl halides is 3. The Morgan fingerprint density at radius 2 is 1.80 bits per heavy atom. The summed E-state index contributed by atoms with van der Waals surface area (Å²) >= 11 is 0. The van der Waals surface area contributed by atoms with E-state index in [4.69, 9.17) is 4.74 Å². The van der Waals surface area contributed by atoms with E-state index in [2.05, 4.69) is 15.0 Å². The quantitative estimate of drug-likeness (QED) is 0.243. The average Bonchev–Trinajstić information content (AvgIpc) is 3.72. The molecule has 4 N–H and O–H groups in total. The minimum atomic E-state index is -4.57. The smallest absolute Gasteiger partial charge is 0.439 e. The van der Waals surface area contributed by atoms with E-state index in [9.17, 15) is 36.4 Å². The second kappa shape index (κ2) is 12.4. The van der Waals surface area contributed by atoms with Gasteiger partial charge in [0, 0.05) is 18.3 Å². The Morgan fingerprint density at radius 1 is 1.07 bits per heavy atom. The number of aromatic nitrogens is 1. The molecule has 14 heteroatoms. The molecule has 40 heavy (non-hydrogen) atoms. The number of carbonyl (C=O) groups excluding carboxylic acids is 1. The van der Waals surface area contributed by atoms with Gasteiger partial charge in [0.25, 0.3) is 0 Å². The van der Waals surface area contributed by atoms with Gasteiger partial charge in [0.15, 0.2) is 0 Å². The summed E-state index contributed by atoms with van der Waals surface area (Å²) in [6.45, 7) is 0. The van der Waals surface area contributed by atoms with Crippen LogP contribution in [0.25, 0.3) is 0 Å². The van der Waals surface area contributed by atoms with Crippen LogP contribution in [0.1, 0.15) is 30.4 Å². The zero-order valence-electron chi connectivity index (χ0n) is 21.1. The first-order valence-electron chi connectivity index (χ1n) is 12.4. The van der Waals surface area contributed by atoms with E-state index in [0.717, 1.165) is 31.0 Å². The Hall–Kier alpha value is -3.46. The summed E-state index contributed by atoms with van der Waals surface area (Å²) in [5.41, 5.74) is -0.296. The largest absolute Gasteiger partial charge is 0.475 e. The fourth-order valence-corrected chi connectivity index (χ4v) is 5.21. The fourth-order valence-electron chi connectivity index (χ4n) is 3.98. The number of amides is 1. The van der Waals surface area contributed by atoms with Crippen LogP contribution in [0.3, 0.4) is 0 Å². The summed E-state index contributed by atoms with van der Waals surface area (Å²) in [5, 5.41) is 22.1. The van der Waals surface area contributed by atoms with Crippen molar-refractivity contribution in [1.82, 2.24) is 15.0 Å². The summed E-state index contributed by atoms with van der Waals surface area (Å²) in [6.07, 6.45) is -1.80. The van der Waals surface area contributed by atoms with Crippen LogP contribution in [0.4, 0.5) is 13.2 Å². The molecule has 212 valence electrons. The Morgan fingerprint density at radius 3 is 2.40 bits per heavy atom. The maximum absolute atomic E-state index is 13.3. The SMILES string of the molecule is O=C(NC(CC1CC1)B(O)O)C(Cc1ccccc1)NS(=O)(=O)c1cccc(Oc2ccc(C(F)(F)F)cn2)c1. The van der Waals surface area contributed by atoms with Gasteiger partial charge in [-0.15, -0.1) is 0 Å². The molecular formula is C26H27BF3N3O6S. The van der Waals surface area contributed by atoms with E-state index in [1.807, 2.05) is 0 Å². The molecule has 2 atom stereocenters. The molecule has 1 amide bonds. The van der Waals surface area contributed by atoms with Gasteiger partial charge in [-0.25, -0.2) is 13.4 Å². The molecule has 9 nitrogen and oxygen atoms in total. The molecule has 1 saturated carbocycles. The Bertz CT molecular complexity index is 1410. The molecule has 1 fully saturated rings. The molecular weight excluding hydrogens is 550 g/mol. The topological polar surface area (TPSA) is 138 Å². The number of benzene rings is 2. The van der Waals surface area contributed by atoms with Gasteiger partial charge in [0.05, 0.1) is 16.4 Å². The van der Waals surface area contributed by atoms with Crippen molar-refractivity contribution in [3.63, 3.8) is 0 Å². The zero-order chi connectivity index (χ0) is 28.9. The van der Waals surface area contributed by atoms with Crippen molar-refractivity contribution in [2.45, 2.75) is 48.7 Å². The zero-order valence-corrected chi connectivity index (χ0v) is 21.9. The first-order chi connectivity index (χ1) is 18.9. The molecule has 1 aromatic heterocycles. The first kappa shape index (κ1) is 29.5. The van der Waals surface area contributed by atoms with Gasteiger partial charge in [-0.3, -0.25) is 4.79 Å². The monoisotopic (exact) mass is 577 g/mol. The number of ether oxygens (including phenoxy) is 1. The molecule has 0 saturated heterocycles. The summed E-state index contributed by atoms with van der Waals surface area (Å²) in [4.78, 5) is 16.6. The van der Waals surface area contributed by atoms with Gasteiger partial charge in [-0.1, -0.05) is 49.2 Å².